The number of carboxylic acids is 1. The lowest BCUT2D eigenvalue weighted by molar-refractivity contribution is -0.118. The predicted molar refractivity (Wildman–Crippen MR) is 58.9 cm³/mol. The van der Waals surface area contributed by atoms with Gasteiger partial charge in [0.05, 0.1) is 17.7 Å². The van der Waals surface area contributed by atoms with Gasteiger partial charge in [-0.25, -0.2) is 9.18 Å². The van der Waals surface area contributed by atoms with E-state index in [1.165, 1.54) is 19.1 Å². The summed E-state index contributed by atoms with van der Waals surface area (Å²) in [7, 11) is 0. The highest BCUT2D eigenvalue weighted by molar-refractivity contribution is 5.88. The van der Waals surface area contributed by atoms with Crippen molar-refractivity contribution in [3.8, 4) is 11.8 Å². The zero-order chi connectivity index (χ0) is 12.8. The molecule has 0 saturated heterocycles. The summed E-state index contributed by atoms with van der Waals surface area (Å²) in [6.07, 6.45) is 0. The van der Waals surface area contributed by atoms with E-state index in [-0.39, 0.29) is 18.0 Å². The van der Waals surface area contributed by atoms with E-state index in [0.717, 1.165) is 6.07 Å². The van der Waals surface area contributed by atoms with Crippen LogP contribution in [0.5, 0.6) is 0 Å². The minimum atomic E-state index is -1.34. The molecule has 1 rings (SSSR count). The minimum absolute atomic E-state index is 0.00440. The van der Waals surface area contributed by atoms with Gasteiger partial charge in [0, 0.05) is 6.92 Å². The first-order valence-electron chi connectivity index (χ1n) is 4.77. The van der Waals surface area contributed by atoms with Gasteiger partial charge in [0.2, 0.25) is 5.91 Å². The van der Waals surface area contributed by atoms with Crippen LogP contribution in [0.2, 0.25) is 0 Å². The fraction of sp³-hybridized carbons (Fsp3) is 0.167. The first kappa shape index (κ1) is 12.7. The van der Waals surface area contributed by atoms with E-state index in [0.29, 0.717) is 0 Å². The molecule has 0 radical (unpaired) electrons. The largest absolute Gasteiger partial charge is 0.478 e. The van der Waals surface area contributed by atoms with Gasteiger partial charge in [0.25, 0.3) is 0 Å². The summed E-state index contributed by atoms with van der Waals surface area (Å²) in [6.45, 7) is 1.43. The number of carbonyl (C=O) groups is 2. The number of benzene rings is 1. The standard InChI is InChI=1S/C12H10FNO3/c1-8(15)14-7-3-5-9-4-2-6-10(11(9)13)12(16)17/h2,4,6H,7H2,1H3,(H,14,15)(H,16,17). The molecule has 0 fully saturated rings. The van der Waals surface area contributed by atoms with Gasteiger partial charge in [-0.3, -0.25) is 4.79 Å². The molecule has 0 aliphatic heterocycles. The molecule has 1 aromatic rings. The second-order valence-corrected chi connectivity index (χ2v) is 3.18. The highest BCUT2D eigenvalue weighted by atomic mass is 19.1. The Kier molecular flexibility index (Phi) is 4.23. The van der Waals surface area contributed by atoms with Crippen molar-refractivity contribution in [2.45, 2.75) is 6.92 Å². The summed E-state index contributed by atoms with van der Waals surface area (Å²) in [5.41, 5.74) is -0.424. The highest BCUT2D eigenvalue weighted by Gasteiger charge is 2.11. The molecule has 17 heavy (non-hydrogen) atoms. The van der Waals surface area contributed by atoms with Crippen LogP contribution >= 0.6 is 0 Å². The third kappa shape index (κ3) is 3.61. The maximum Gasteiger partial charge on any atom is 0.338 e. The van der Waals surface area contributed by atoms with Gasteiger partial charge in [-0.05, 0) is 12.1 Å². The molecule has 0 bridgehead atoms. The van der Waals surface area contributed by atoms with Gasteiger partial charge in [0.15, 0.2) is 5.82 Å². The molecular weight excluding hydrogens is 225 g/mol. The molecule has 0 spiro atoms. The molecule has 2 N–H and O–H groups in total. The van der Waals surface area contributed by atoms with Crippen molar-refractivity contribution < 1.29 is 19.1 Å². The van der Waals surface area contributed by atoms with Gasteiger partial charge < -0.3 is 10.4 Å². The normalized spacial score (nSPS) is 9.06. The quantitative estimate of drug-likeness (QED) is 0.752. The second kappa shape index (κ2) is 5.66. The zero-order valence-corrected chi connectivity index (χ0v) is 9.08. The number of aromatic carboxylic acids is 1. The molecule has 0 atom stereocenters. The Bertz CT molecular complexity index is 514. The number of carboxylic acid groups (broad SMARTS) is 1. The van der Waals surface area contributed by atoms with Gasteiger partial charge in [-0.2, -0.15) is 0 Å². The van der Waals surface area contributed by atoms with Crippen LogP contribution in [0.3, 0.4) is 0 Å². The Labute approximate surface area is 97.5 Å². The summed E-state index contributed by atoms with van der Waals surface area (Å²) in [6, 6.07) is 3.95. The number of hydrogen-bond acceptors (Lipinski definition) is 2. The summed E-state index contributed by atoms with van der Waals surface area (Å²) < 4.78 is 13.5. The Morgan fingerprint density at radius 3 is 2.76 bits per heavy atom. The predicted octanol–water partition coefficient (Wildman–Crippen LogP) is 1.01. The maximum atomic E-state index is 13.5. The molecule has 4 nitrogen and oxygen atoms in total. The lowest BCUT2D eigenvalue weighted by atomic mass is 10.1. The van der Waals surface area contributed by atoms with Gasteiger partial charge in [0.1, 0.15) is 0 Å². The molecule has 0 heterocycles. The van der Waals surface area contributed by atoms with Crippen molar-refractivity contribution in [1.29, 1.82) is 0 Å². The van der Waals surface area contributed by atoms with E-state index in [1.807, 2.05) is 0 Å². The molecule has 0 aromatic heterocycles. The van der Waals surface area contributed by atoms with Gasteiger partial charge in [-0.1, -0.05) is 17.9 Å². The molecule has 0 aliphatic rings. The summed E-state index contributed by atoms with van der Waals surface area (Å²) in [5, 5.41) is 11.1. The second-order valence-electron chi connectivity index (χ2n) is 3.18. The van der Waals surface area contributed by atoms with Crippen molar-refractivity contribution in [1.82, 2.24) is 5.32 Å². The third-order valence-electron chi connectivity index (χ3n) is 1.88. The van der Waals surface area contributed by atoms with Crippen LogP contribution in [0, 0.1) is 17.7 Å². The lowest BCUT2D eigenvalue weighted by Crippen LogP contribution is -2.19. The Morgan fingerprint density at radius 1 is 1.47 bits per heavy atom. The average Bonchev–Trinajstić information content (AvgIpc) is 2.25. The van der Waals surface area contributed by atoms with Crippen LogP contribution in [0.15, 0.2) is 18.2 Å². The Balaban J connectivity index is 2.88. The molecule has 88 valence electrons. The van der Waals surface area contributed by atoms with Crippen LogP contribution in [0.1, 0.15) is 22.8 Å². The number of nitrogens with one attached hydrogen (secondary N) is 1. The molecule has 0 unspecified atom stereocenters. The van der Waals surface area contributed by atoms with E-state index in [4.69, 9.17) is 5.11 Å². The lowest BCUT2D eigenvalue weighted by Gasteiger charge is -1.98. The monoisotopic (exact) mass is 235 g/mol. The average molecular weight is 235 g/mol. The van der Waals surface area contributed by atoms with Gasteiger partial charge in [-0.15, -0.1) is 0 Å². The van der Waals surface area contributed by atoms with Crippen LogP contribution in [0.4, 0.5) is 4.39 Å². The molecule has 1 aromatic carbocycles. The van der Waals surface area contributed by atoms with Crippen molar-refractivity contribution >= 4 is 11.9 Å². The summed E-state index contributed by atoms with van der Waals surface area (Å²) >= 11 is 0. The summed E-state index contributed by atoms with van der Waals surface area (Å²) in [4.78, 5) is 21.2. The topological polar surface area (TPSA) is 66.4 Å². The van der Waals surface area contributed by atoms with Crippen molar-refractivity contribution in [2.24, 2.45) is 0 Å². The van der Waals surface area contributed by atoms with E-state index in [9.17, 15) is 14.0 Å². The van der Waals surface area contributed by atoms with E-state index in [2.05, 4.69) is 17.2 Å². The SMILES string of the molecule is CC(=O)NCC#Cc1cccc(C(=O)O)c1F. The zero-order valence-electron chi connectivity index (χ0n) is 9.08. The number of hydrogen-bond donors (Lipinski definition) is 2. The fourth-order valence-corrected chi connectivity index (χ4v) is 1.10. The number of halogens is 1. The minimum Gasteiger partial charge on any atom is -0.478 e. The maximum absolute atomic E-state index is 13.5. The first-order chi connectivity index (χ1) is 8.02. The van der Waals surface area contributed by atoms with E-state index >= 15 is 0 Å². The van der Waals surface area contributed by atoms with Crippen molar-refractivity contribution in [2.75, 3.05) is 6.54 Å². The molecule has 5 heteroatoms. The van der Waals surface area contributed by atoms with E-state index in [1.54, 1.807) is 0 Å². The van der Waals surface area contributed by atoms with Crippen LogP contribution in [0.25, 0.3) is 0 Å². The first-order valence-corrected chi connectivity index (χ1v) is 4.77. The molecule has 1 amide bonds. The van der Waals surface area contributed by atoms with Crippen LogP contribution in [-0.4, -0.2) is 23.5 Å². The van der Waals surface area contributed by atoms with Crippen molar-refractivity contribution in [3.05, 3.63) is 35.1 Å². The van der Waals surface area contributed by atoms with E-state index < -0.39 is 17.3 Å². The molecule has 0 aliphatic carbocycles. The van der Waals surface area contributed by atoms with Crippen molar-refractivity contribution in [3.63, 3.8) is 0 Å². The third-order valence-corrected chi connectivity index (χ3v) is 1.88. The fourth-order valence-electron chi connectivity index (χ4n) is 1.10. The smallest absolute Gasteiger partial charge is 0.338 e. The molecular formula is C12H10FNO3. The molecule has 0 saturated carbocycles. The highest BCUT2D eigenvalue weighted by Crippen LogP contribution is 2.11. The van der Waals surface area contributed by atoms with Crippen LogP contribution in [-0.2, 0) is 4.79 Å². The number of rotatable bonds is 2. The van der Waals surface area contributed by atoms with Gasteiger partial charge >= 0.3 is 5.97 Å². The summed E-state index contributed by atoms with van der Waals surface area (Å²) in [5.74, 6) is 2.54. The van der Waals surface area contributed by atoms with Crippen LogP contribution < -0.4 is 5.32 Å². The Hall–Kier alpha value is -2.35. The number of amides is 1. The number of carbonyl (C=O) groups excluding carboxylic acids is 1. The Morgan fingerprint density at radius 2 is 2.18 bits per heavy atom.